The highest BCUT2D eigenvalue weighted by atomic mass is 19.1. The molecule has 0 spiro atoms. The molecule has 0 aromatic carbocycles. The fraction of sp³-hybridized carbons (Fsp3) is 0.615. The monoisotopic (exact) mass is 326 g/mol. The van der Waals surface area contributed by atoms with Crippen molar-refractivity contribution in [1.82, 2.24) is 19.5 Å². The van der Waals surface area contributed by atoms with Crippen molar-refractivity contribution in [1.29, 1.82) is 0 Å². The molecule has 2 aromatic rings. The number of fused-ring (bicyclic) bond motifs is 3. The maximum atomic E-state index is 12.7. The number of aliphatic hydroxyl groups is 1. The molecule has 0 amide bonds. The number of imidazole rings is 1. The van der Waals surface area contributed by atoms with E-state index in [9.17, 15) is 14.3 Å². The second-order valence-electron chi connectivity index (χ2n) is 5.64. The Kier molecular flexibility index (Phi) is 2.90. The van der Waals surface area contributed by atoms with Crippen LogP contribution in [0.2, 0.25) is 1.41 Å². The van der Waals surface area contributed by atoms with Crippen LogP contribution in [-0.2, 0) is 9.47 Å². The lowest BCUT2D eigenvalue weighted by Crippen LogP contribution is -2.39. The van der Waals surface area contributed by atoms with Crippen molar-refractivity contribution in [3.63, 3.8) is 0 Å². The summed E-state index contributed by atoms with van der Waals surface area (Å²) < 4.78 is 33.2. The average molecular weight is 326 g/mol. The van der Waals surface area contributed by atoms with E-state index < -0.39 is 36.4 Å². The summed E-state index contributed by atoms with van der Waals surface area (Å²) in [4.78, 5) is 22.5. The molecular formula is C13H16FN5O4. The molecule has 1 unspecified atom stereocenters. The molecule has 2 aliphatic heterocycles. The van der Waals surface area contributed by atoms with Crippen LogP contribution in [-0.4, -0.2) is 55.8 Å². The van der Waals surface area contributed by atoms with Crippen molar-refractivity contribution >= 4 is 17.1 Å². The summed E-state index contributed by atoms with van der Waals surface area (Å²) in [5.41, 5.74) is -1.21. The van der Waals surface area contributed by atoms with Gasteiger partial charge in [0.1, 0.15) is 17.8 Å². The first kappa shape index (κ1) is 13.4. The molecule has 2 aliphatic rings. The third-order valence-electron chi connectivity index (χ3n) is 4.51. The molecule has 4 rings (SSSR count). The molecule has 2 fully saturated rings. The lowest BCUT2D eigenvalue weighted by molar-refractivity contribution is -0.173. The number of alkyl halides is 1. The van der Waals surface area contributed by atoms with Gasteiger partial charge in [0.25, 0.3) is 5.56 Å². The predicted molar refractivity (Wildman–Crippen MR) is 76.6 cm³/mol. The summed E-state index contributed by atoms with van der Waals surface area (Å²) >= 11 is 0. The zero-order valence-electron chi connectivity index (χ0n) is 13.3. The quantitative estimate of drug-likeness (QED) is 0.672. The van der Waals surface area contributed by atoms with E-state index >= 15 is 0 Å². The Morgan fingerprint density at radius 2 is 2.57 bits per heavy atom. The number of anilines is 1. The number of aliphatic hydroxyl groups excluding tert-OH is 1. The third kappa shape index (κ3) is 1.92. The molecule has 3 N–H and O–H groups in total. The van der Waals surface area contributed by atoms with E-state index in [4.69, 9.17) is 10.9 Å². The Morgan fingerprint density at radius 1 is 1.74 bits per heavy atom. The fourth-order valence-corrected chi connectivity index (χ4v) is 3.20. The SMILES string of the molecule is [2H]N(CF)c1nc2c(ncn2[C@@H]2O[C@@]3(CC)CO[C@H]2C3O)c(=O)[nH]1. The third-order valence-corrected chi connectivity index (χ3v) is 4.51. The maximum Gasteiger partial charge on any atom is 0.280 e. The first-order valence-electron chi connectivity index (χ1n) is 7.72. The van der Waals surface area contributed by atoms with Crippen molar-refractivity contribution in [2.45, 2.75) is 37.4 Å². The largest absolute Gasteiger partial charge is 0.387 e. The van der Waals surface area contributed by atoms with Crippen LogP contribution in [0, 0.1) is 0 Å². The van der Waals surface area contributed by atoms with Gasteiger partial charge in [0.2, 0.25) is 5.95 Å². The summed E-state index contributed by atoms with van der Waals surface area (Å²) in [6.45, 7) is 1.05. The van der Waals surface area contributed by atoms with E-state index in [0.29, 0.717) is 18.3 Å². The minimum atomic E-state index is -1.13. The van der Waals surface area contributed by atoms with Crippen molar-refractivity contribution in [2.75, 3.05) is 18.7 Å². The first-order chi connectivity index (χ1) is 11.5. The summed E-state index contributed by atoms with van der Waals surface area (Å²) in [6.07, 6.45) is -0.184. The van der Waals surface area contributed by atoms with Crippen molar-refractivity contribution in [3.05, 3.63) is 16.7 Å². The van der Waals surface area contributed by atoms with Crippen molar-refractivity contribution in [2.24, 2.45) is 0 Å². The molecule has 0 saturated carbocycles. The predicted octanol–water partition coefficient (Wildman–Crippen LogP) is -0.104. The van der Waals surface area contributed by atoms with Gasteiger partial charge in [0.05, 0.1) is 12.9 Å². The number of halogens is 1. The molecule has 0 aliphatic carbocycles. The molecule has 124 valence electrons. The maximum absolute atomic E-state index is 12.7. The van der Waals surface area contributed by atoms with Gasteiger partial charge in [-0.25, -0.2) is 9.37 Å². The fourth-order valence-electron chi connectivity index (χ4n) is 3.20. The zero-order chi connectivity index (χ0) is 17.1. The summed E-state index contributed by atoms with van der Waals surface area (Å²) in [7, 11) is 0. The van der Waals surface area contributed by atoms with E-state index in [1.807, 2.05) is 6.92 Å². The van der Waals surface area contributed by atoms with E-state index in [0.717, 1.165) is 0 Å². The number of ether oxygens (including phenoxy) is 2. The second kappa shape index (κ2) is 4.98. The topological polar surface area (TPSA) is 114 Å². The van der Waals surface area contributed by atoms with Gasteiger partial charge in [0.15, 0.2) is 25.6 Å². The number of aromatic amines is 1. The van der Waals surface area contributed by atoms with Gasteiger partial charge in [-0.15, -0.1) is 0 Å². The molecule has 10 heteroatoms. The number of hydrogen-bond donors (Lipinski definition) is 3. The molecule has 4 atom stereocenters. The number of nitrogens with one attached hydrogen (secondary N) is 2. The summed E-state index contributed by atoms with van der Waals surface area (Å²) in [6, 6.07) is 0. The Labute approximate surface area is 130 Å². The molecule has 9 nitrogen and oxygen atoms in total. The molecule has 2 saturated heterocycles. The number of nitrogens with zero attached hydrogens (tertiary/aromatic N) is 3. The summed E-state index contributed by atoms with van der Waals surface area (Å²) in [5, 5.41) is 10.8. The Bertz CT molecular complexity index is 843. The van der Waals surface area contributed by atoms with Crippen LogP contribution in [0.5, 0.6) is 0 Å². The minimum Gasteiger partial charge on any atom is -0.387 e. The Hall–Kier alpha value is -2.04. The number of aromatic nitrogens is 4. The van der Waals surface area contributed by atoms with Gasteiger partial charge < -0.3 is 19.9 Å². The van der Waals surface area contributed by atoms with Gasteiger partial charge in [-0.05, 0) is 6.42 Å². The normalized spacial score (nSPS) is 33.3. The van der Waals surface area contributed by atoms with Crippen LogP contribution >= 0.6 is 0 Å². The van der Waals surface area contributed by atoms with Crippen molar-refractivity contribution < 1.29 is 20.4 Å². The van der Waals surface area contributed by atoms with Crippen molar-refractivity contribution in [3.8, 4) is 0 Å². The molecule has 4 heterocycles. The van der Waals surface area contributed by atoms with E-state index in [1.54, 1.807) is 0 Å². The number of rotatable bonds is 4. The molecule has 23 heavy (non-hydrogen) atoms. The van der Waals surface area contributed by atoms with Crippen LogP contribution < -0.4 is 10.9 Å². The highest BCUT2D eigenvalue weighted by molar-refractivity contribution is 5.71. The molecule has 2 bridgehead atoms. The lowest BCUT2D eigenvalue weighted by atomic mass is 9.96. The van der Waals surface area contributed by atoms with Crippen LogP contribution in [0.3, 0.4) is 0 Å². The summed E-state index contributed by atoms with van der Waals surface area (Å²) in [5.74, 6) is -0.244. The zero-order valence-corrected chi connectivity index (χ0v) is 12.3. The number of H-pyrrole nitrogens is 1. The van der Waals surface area contributed by atoms with Crippen LogP contribution in [0.4, 0.5) is 10.3 Å². The smallest absolute Gasteiger partial charge is 0.280 e. The van der Waals surface area contributed by atoms with Gasteiger partial charge in [0, 0.05) is 0 Å². The van der Waals surface area contributed by atoms with Crippen LogP contribution in [0.25, 0.3) is 11.2 Å². The first-order valence-corrected chi connectivity index (χ1v) is 7.27. The molecular weight excluding hydrogens is 309 g/mol. The highest BCUT2D eigenvalue weighted by Gasteiger charge is 2.60. The second-order valence-corrected chi connectivity index (χ2v) is 5.64. The van der Waals surface area contributed by atoms with Gasteiger partial charge in [-0.3, -0.25) is 14.3 Å². The lowest BCUT2D eigenvalue weighted by Gasteiger charge is -2.30. The highest BCUT2D eigenvalue weighted by Crippen LogP contribution is 2.47. The Balaban J connectivity index is 1.81. The molecule has 2 aromatic heterocycles. The standard InChI is InChI=1S/C13H16FN5O4/c1-2-13-3-22-7(8(13)20)11(23-13)19-5-16-6-9(19)17-12(15-4-14)18-10(6)21/h5,7-8,11,20H,2-4H2,1H3,(H2,15,17,18,21)/t7-,8?,11+,13-/m0/s1/i/hD. The van der Waals surface area contributed by atoms with Gasteiger partial charge in [-0.1, -0.05) is 6.92 Å². The van der Waals surface area contributed by atoms with E-state index in [-0.39, 0.29) is 17.1 Å². The van der Waals surface area contributed by atoms with Gasteiger partial charge >= 0.3 is 0 Å². The number of hydrogen-bond acceptors (Lipinski definition) is 7. The van der Waals surface area contributed by atoms with E-state index in [1.165, 1.54) is 10.9 Å². The average Bonchev–Trinajstić information content (AvgIpc) is 3.24. The van der Waals surface area contributed by atoms with Crippen LogP contribution in [0.1, 0.15) is 19.6 Å². The van der Waals surface area contributed by atoms with Crippen LogP contribution in [0.15, 0.2) is 11.1 Å². The Morgan fingerprint density at radius 3 is 3.26 bits per heavy atom. The van der Waals surface area contributed by atoms with Gasteiger partial charge in [-0.2, -0.15) is 4.98 Å². The molecule has 0 radical (unpaired) electrons. The minimum absolute atomic E-state index is 0.0393. The van der Waals surface area contributed by atoms with E-state index in [2.05, 4.69) is 15.0 Å².